The minimum atomic E-state index is -1.32. The van der Waals surface area contributed by atoms with Crippen molar-refractivity contribution in [3.63, 3.8) is 0 Å². The molecule has 1 amide bonds. The van der Waals surface area contributed by atoms with Crippen LogP contribution in [0.3, 0.4) is 0 Å². The van der Waals surface area contributed by atoms with Crippen LogP contribution in [0.15, 0.2) is 60.7 Å². The molecule has 0 spiro atoms. The van der Waals surface area contributed by atoms with E-state index in [0.717, 1.165) is 5.39 Å². The summed E-state index contributed by atoms with van der Waals surface area (Å²) in [6, 6.07) is 16.7. The molecule has 2 heterocycles. The van der Waals surface area contributed by atoms with Gasteiger partial charge in [-0.15, -0.1) is 0 Å². The first-order valence-corrected chi connectivity index (χ1v) is 10.2. The summed E-state index contributed by atoms with van der Waals surface area (Å²) < 4.78 is 29.5. The van der Waals surface area contributed by atoms with Crippen molar-refractivity contribution in [3.8, 4) is 11.4 Å². The van der Waals surface area contributed by atoms with Crippen LogP contribution in [0.25, 0.3) is 33.3 Å². The van der Waals surface area contributed by atoms with Crippen LogP contribution in [0.4, 0.5) is 14.6 Å². The number of H-pyrrole nitrogens is 1. The highest BCUT2D eigenvalue weighted by molar-refractivity contribution is 6.39. The number of imidazole rings is 1. The SMILES string of the molecule is O=C(Nc1ccc2ccccc2n1)c1cc2[nH]c(-c3c(Cl)cccc3Cl)nc2c(F)c1F. The molecular formula is C23H12Cl2F2N4O. The molecule has 0 radical (unpaired) electrons. The number of aromatic amines is 1. The number of hydrogen-bond donors (Lipinski definition) is 2. The second-order valence-corrected chi connectivity index (χ2v) is 7.79. The number of hydrogen-bond acceptors (Lipinski definition) is 3. The van der Waals surface area contributed by atoms with Crippen LogP contribution < -0.4 is 5.32 Å². The van der Waals surface area contributed by atoms with Gasteiger partial charge >= 0.3 is 0 Å². The summed E-state index contributed by atoms with van der Waals surface area (Å²) in [4.78, 5) is 24.0. The maximum absolute atomic E-state index is 14.8. The highest BCUT2D eigenvalue weighted by Gasteiger charge is 2.23. The van der Waals surface area contributed by atoms with Gasteiger partial charge in [0.05, 0.1) is 32.2 Å². The number of nitrogens with zero attached hydrogens (tertiary/aromatic N) is 2. The predicted octanol–water partition coefficient (Wildman–Crippen LogP) is 6.62. The number of anilines is 1. The Morgan fingerprint density at radius 3 is 2.44 bits per heavy atom. The Hall–Kier alpha value is -3.55. The van der Waals surface area contributed by atoms with Gasteiger partial charge in [0.25, 0.3) is 5.91 Å². The van der Waals surface area contributed by atoms with E-state index in [1.165, 1.54) is 6.07 Å². The number of carbonyl (C=O) groups excluding carboxylic acids is 1. The van der Waals surface area contributed by atoms with Crippen LogP contribution in [0.1, 0.15) is 10.4 Å². The Balaban J connectivity index is 1.55. The van der Waals surface area contributed by atoms with E-state index < -0.39 is 23.1 Å². The molecule has 0 saturated carbocycles. The lowest BCUT2D eigenvalue weighted by atomic mass is 10.1. The van der Waals surface area contributed by atoms with Crippen LogP contribution in [0, 0.1) is 11.6 Å². The van der Waals surface area contributed by atoms with Crippen molar-refractivity contribution in [2.75, 3.05) is 5.32 Å². The lowest BCUT2D eigenvalue weighted by molar-refractivity contribution is 0.102. The zero-order chi connectivity index (χ0) is 22.4. The zero-order valence-electron chi connectivity index (χ0n) is 16.1. The molecule has 2 N–H and O–H groups in total. The Morgan fingerprint density at radius 2 is 1.66 bits per heavy atom. The third-order valence-electron chi connectivity index (χ3n) is 4.94. The summed E-state index contributed by atoms with van der Waals surface area (Å²) in [6.07, 6.45) is 0. The smallest absolute Gasteiger partial charge is 0.259 e. The molecule has 158 valence electrons. The van der Waals surface area contributed by atoms with Gasteiger partial charge in [0.15, 0.2) is 11.6 Å². The van der Waals surface area contributed by atoms with Crippen LogP contribution in [-0.4, -0.2) is 20.9 Å². The van der Waals surface area contributed by atoms with Crippen molar-refractivity contribution < 1.29 is 13.6 Å². The molecule has 0 aliphatic heterocycles. The second kappa shape index (κ2) is 7.85. The van der Waals surface area contributed by atoms with Gasteiger partial charge in [-0.2, -0.15) is 0 Å². The molecule has 0 bridgehead atoms. The molecule has 5 rings (SSSR count). The third-order valence-corrected chi connectivity index (χ3v) is 5.57. The molecule has 0 fully saturated rings. The molecular weight excluding hydrogens is 457 g/mol. The fourth-order valence-electron chi connectivity index (χ4n) is 3.42. The Morgan fingerprint density at radius 1 is 0.906 bits per heavy atom. The highest BCUT2D eigenvalue weighted by Crippen LogP contribution is 2.35. The molecule has 0 atom stereocenters. The number of rotatable bonds is 3. The summed E-state index contributed by atoms with van der Waals surface area (Å²) in [5, 5.41) is 3.97. The van der Waals surface area contributed by atoms with Crippen LogP contribution in [-0.2, 0) is 0 Å². The maximum Gasteiger partial charge on any atom is 0.259 e. The standard InChI is InChI=1S/C23H12Cl2F2N4O/c24-13-5-3-6-14(25)18(13)22-29-16-10-12(19(26)20(27)21(16)31-22)23(32)30-17-9-8-11-4-1-2-7-15(11)28-17/h1-10H,(H,29,31)(H,28,30,32). The molecule has 0 unspecified atom stereocenters. The number of para-hydroxylation sites is 1. The second-order valence-electron chi connectivity index (χ2n) is 6.97. The number of pyridine rings is 1. The number of aromatic nitrogens is 3. The van der Waals surface area contributed by atoms with Crippen molar-refractivity contribution in [3.05, 3.63) is 87.9 Å². The van der Waals surface area contributed by atoms with Crippen LogP contribution in [0.2, 0.25) is 10.0 Å². The van der Waals surface area contributed by atoms with Crippen molar-refractivity contribution in [2.24, 2.45) is 0 Å². The lowest BCUT2D eigenvalue weighted by Crippen LogP contribution is -2.15. The van der Waals surface area contributed by atoms with Crippen molar-refractivity contribution >= 4 is 56.9 Å². The van der Waals surface area contributed by atoms with Crippen molar-refractivity contribution in [1.29, 1.82) is 0 Å². The van der Waals surface area contributed by atoms with Gasteiger partial charge in [-0.25, -0.2) is 18.7 Å². The normalized spacial score (nSPS) is 11.2. The molecule has 5 aromatic rings. The quantitative estimate of drug-likeness (QED) is 0.312. The van der Waals surface area contributed by atoms with E-state index in [1.807, 2.05) is 18.2 Å². The van der Waals surface area contributed by atoms with E-state index in [0.29, 0.717) is 11.1 Å². The van der Waals surface area contributed by atoms with Gasteiger partial charge in [-0.3, -0.25) is 4.79 Å². The first-order chi connectivity index (χ1) is 15.4. The minimum absolute atomic E-state index is 0.117. The number of benzene rings is 3. The molecule has 32 heavy (non-hydrogen) atoms. The van der Waals surface area contributed by atoms with Gasteiger partial charge < -0.3 is 10.3 Å². The predicted molar refractivity (Wildman–Crippen MR) is 121 cm³/mol. The molecule has 0 aliphatic rings. The van der Waals surface area contributed by atoms with Gasteiger partial charge in [0.2, 0.25) is 0 Å². The largest absolute Gasteiger partial charge is 0.338 e. The Kier molecular flexibility index (Phi) is 5.00. The average Bonchev–Trinajstić information content (AvgIpc) is 3.20. The van der Waals surface area contributed by atoms with E-state index in [-0.39, 0.29) is 32.7 Å². The summed E-state index contributed by atoms with van der Waals surface area (Å²) >= 11 is 12.4. The van der Waals surface area contributed by atoms with E-state index in [1.54, 1.807) is 36.4 Å². The van der Waals surface area contributed by atoms with E-state index in [4.69, 9.17) is 23.2 Å². The fraction of sp³-hybridized carbons (Fsp3) is 0. The van der Waals surface area contributed by atoms with Crippen LogP contribution in [0.5, 0.6) is 0 Å². The number of nitrogens with one attached hydrogen (secondary N) is 2. The molecule has 2 aromatic heterocycles. The van der Waals surface area contributed by atoms with Gasteiger partial charge in [0.1, 0.15) is 17.2 Å². The molecule has 0 saturated heterocycles. The molecule has 5 nitrogen and oxygen atoms in total. The topological polar surface area (TPSA) is 70.7 Å². The van der Waals surface area contributed by atoms with Gasteiger partial charge in [0, 0.05) is 5.39 Å². The highest BCUT2D eigenvalue weighted by atomic mass is 35.5. The van der Waals surface area contributed by atoms with Gasteiger partial charge in [-0.05, 0) is 36.4 Å². The minimum Gasteiger partial charge on any atom is -0.338 e. The fourth-order valence-corrected chi connectivity index (χ4v) is 3.99. The summed E-state index contributed by atoms with van der Waals surface area (Å²) in [6.45, 7) is 0. The zero-order valence-corrected chi connectivity index (χ0v) is 17.6. The third kappa shape index (κ3) is 3.45. The first kappa shape index (κ1) is 20.4. The number of amides is 1. The molecule has 0 aliphatic carbocycles. The molecule has 9 heteroatoms. The summed E-state index contributed by atoms with van der Waals surface area (Å²) in [7, 11) is 0. The Bertz CT molecular complexity index is 1510. The van der Waals surface area contributed by atoms with Gasteiger partial charge in [-0.1, -0.05) is 47.5 Å². The van der Waals surface area contributed by atoms with Crippen molar-refractivity contribution in [1.82, 2.24) is 15.0 Å². The number of halogens is 4. The van der Waals surface area contributed by atoms with E-state index in [9.17, 15) is 13.6 Å². The molecule has 3 aromatic carbocycles. The average molecular weight is 469 g/mol. The van der Waals surface area contributed by atoms with Crippen LogP contribution >= 0.6 is 23.2 Å². The summed E-state index contributed by atoms with van der Waals surface area (Å²) in [5.41, 5.74) is 0.353. The van der Waals surface area contributed by atoms with Crippen molar-refractivity contribution in [2.45, 2.75) is 0 Å². The monoisotopic (exact) mass is 468 g/mol. The number of fused-ring (bicyclic) bond motifs is 2. The van der Waals surface area contributed by atoms with E-state index >= 15 is 0 Å². The van der Waals surface area contributed by atoms with E-state index in [2.05, 4.69) is 20.3 Å². The Labute approximate surface area is 190 Å². The summed E-state index contributed by atoms with van der Waals surface area (Å²) in [5.74, 6) is -3.06. The maximum atomic E-state index is 14.8. The number of carbonyl (C=O) groups is 1. The lowest BCUT2D eigenvalue weighted by Gasteiger charge is -2.07. The first-order valence-electron chi connectivity index (χ1n) is 9.41.